The van der Waals surface area contributed by atoms with E-state index in [9.17, 15) is 4.79 Å². The van der Waals surface area contributed by atoms with Gasteiger partial charge in [-0.15, -0.1) is 0 Å². The molecular weight excluding hydrogens is 266 g/mol. The van der Waals surface area contributed by atoms with Gasteiger partial charge < -0.3 is 9.64 Å². The van der Waals surface area contributed by atoms with Crippen molar-refractivity contribution in [3.05, 3.63) is 36.2 Å². The summed E-state index contributed by atoms with van der Waals surface area (Å²) >= 11 is 0. The van der Waals surface area contributed by atoms with Gasteiger partial charge in [0.2, 0.25) is 0 Å². The van der Waals surface area contributed by atoms with E-state index in [2.05, 4.69) is 11.2 Å². The largest absolute Gasteiger partial charge is 0.367 e. The summed E-state index contributed by atoms with van der Waals surface area (Å²) in [5.74, 6) is 0.00656. The number of benzene rings is 1. The molecule has 5 heteroatoms. The number of nitrogens with zero attached hydrogens (tertiary/aromatic N) is 3. The highest BCUT2D eigenvalue weighted by Gasteiger charge is 2.25. The zero-order chi connectivity index (χ0) is 15.0. The number of aromatic nitrogens is 2. The number of carbonyl (C=O) groups is 1. The lowest BCUT2D eigenvalue weighted by molar-refractivity contribution is -0.123. The van der Waals surface area contributed by atoms with Crippen LogP contribution in [-0.2, 0) is 23.2 Å². The highest BCUT2D eigenvalue weighted by Crippen LogP contribution is 2.31. The van der Waals surface area contributed by atoms with Crippen molar-refractivity contribution in [2.75, 3.05) is 11.5 Å². The van der Waals surface area contributed by atoms with E-state index in [1.807, 2.05) is 50.3 Å². The molecule has 110 valence electrons. The van der Waals surface area contributed by atoms with Gasteiger partial charge in [0.1, 0.15) is 6.61 Å². The van der Waals surface area contributed by atoms with E-state index in [0.29, 0.717) is 6.61 Å². The number of rotatable bonds is 2. The molecule has 0 unspecified atom stereocenters. The van der Waals surface area contributed by atoms with Crippen molar-refractivity contribution >= 4 is 11.6 Å². The highest BCUT2D eigenvalue weighted by molar-refractivity contribution is 5.96. The molecule has 1 aromatic carbocycles. The van der Waals surface area contributed by atoms with Crippen molar-refractivity contribution in [3.8, 4) is 11.1 Å². The van der Waals surface area contributed by atoms with Gasteiger partial charge in [-0.1, -0.05) is 12.1 Å². The van der Waals surface area contributed by atoms with Crippen LogP contribution < -0.4 is 4.90 Å². The SMILES string of the molecule is CC(C)N1C(=O)COCc2ccc(-c3cnn(C)c3)cc21. The number of aryl methyl sites for hydroxylation is 1. The monoisotopic (exact) mass is 285 g/mol. The van der Waals surface area contributed by atoms with Crippen LogP contribution in [0.15, 0.2) is 30.6 Å². The maximum Gasteiger partial charge on any atom is 0.253 e. The van der Waals surface area contributed by atoms with Crippen LogP contribution in [0.3, 0.4) is 0 Å². The van der Waals surface area contributed by atoms with Gasteiger partial charge in [0.05, 0.1) is 18.5 Å². The molecule has 2 heterocycles. The lowest BCUT2D eigenvalue weighted by atomic mass is 10.0. The third-order valence-corrected chi connectivity index (χ3v) is 3.65. The zero-order valence-corrected chi connectivity index (χ0v) is 12.5. The fourth-order valence-electron chi connectivity index (χ4n) is 2.68. The summed E-state index contributed by atoms with van der Waals surface area (Å²) in [6.07, 6.45) is 3.80. The van der Waals surface area contributed by atoms with Crippen LogP contribution in [0.4, 0.5) is 5.69 Å². The standard InChI is InChI=1S/C16H19N3O2/c1-11(2)19-15-6-12(14-7-17-18(3)8-14)4-5-13(15)9-21-10-16(19)20/h4-8,11H,9-10H2,1-3H3. The Bertz CT molecular complexity index is 676. The van der Waals surface area contributed by atoms with E-state index in [0.717, 1.165) is 22.4 Å². The Morgan fingerprint density at radius 2 is 2.05 bits per heavy atom. The number of fused-ring (bicyclic) bond motifs is 1. The molecule has 1 aliphatic rings. The minimum absolute atomic E-state index is 0.00656. The van der Waals surface area contributed by atoms with E-state index in [1.54, 1.807) is 4.68 Å². The molecule has 0 N–H and O–H groups in total. The first-order chi connectivity index (χ1) is 10.1. The van der Waals surface area contributed by atoms with Gasteiger partial charge in [0.15, 0.2) is 0 Å². The van der Waals surface area contributed by atoms with Gasteiger partial charge in [-0.2, -0.15) is 5.10 Å². The summed E-state index contributed by atoms with van der Waals surface area (Å²) in [6.45, 7) is 4.64. The maximum absolute atomic E-state index is 12.3. The minimum Gasteiger partial charge on any atom is -0.367 e. The zero-order valence-electron chi connectivity index (χ0n) is 12.5. The molecule has 1 aliphatic heterocycles. The molecule has 2 aromatic rings. The van der Waals surface area contributed by atoms with Gasteiger partial charge in [0.25, 0.3) is 5.91 Å². The Morgan fingerprint density at radius 3 is 2.71 bits per heavy atom. The Labute approximate surface area is 124 Å². The van der Waals surface area contributed by atoms with E-state index in [-0.39, 0.29) is 18.6 Å². The smallest absolute Gasteiger partial charge is 0.253 e. The van der Waals surface area contributed by atoms with Crippen molar-refractivity contribution in [2.45, 2.75) is 26.5 Å². The molecule has 0 aliphatic carbocycles. The molecule has 1 amide bonds. The first-order valence-electron chi connectivity index (χ1n) is 7.08. The van der Waals surface area contributed by atoms with Crippen LogP contribution in [0.1, 0.15) is 19.4 Å². The predicted molar refractivity (Wildman–Crippen MR) is 80.9 cm³/mol. The summed E-state index contributed by atoms with van der Waals surface area (Å²) in [7, 11) is 1.89. The van der Waals surface area contributed by atoms with Crippen LogP contribution >= 0.6 is 0 Å². The summed E-state index contributed by atoms with van der Waals surface area (Å²) in [5, 5.41) is 4.20. The second-order valence-electron chi connectivity index (χ2n) is 5.60. The fourth-order valence-corrected chi connectivity index (χ4v) is 2.68. The molecule has 21 heavy (non-hydrogen) atoms. The second-order valence-corrected chi connectivity index (χ2v) is 5.60. The van der Waals surface area contributed by atoms with E-state index in [1.165, 1.54) is 0 Å². The minimum atomic E-state index is 0.00656. The molecule has 1 aromatic heterocycles. The average Bonchev–Trinajstić information content (AvgIpc) is 2.79. The van der Waals surface area contributed by atoms with Gasteiger partial charge >= 0.3 is 0 Å². The van der Waals surface area contributed by atoms with Gasteiger partial charge in [-0.3, -0.25) is 9.48 Å². The van der Waals surface area contributed by atoms with E-state index >= 15 is 0 Å². The first kappa shape index (κ1) is 13.8. The Balaban J connectivity index is 2.10. The van der Waals surface area contributed by atoms with E-state index < -0.39 is 0 Å². The molecule has 3 rings (SSSR count). The number of anilines is 1. The Morgan fingerprint density at radius 1 is 1.24 bits per heavy atom. The number of amides is 1. The van der Waals surface area contributed by atoms with Crippen LogP contribution in [0.5, 0.6) is 0 Å². The Hall–Kier alpha value is -2.14. The maximum atomic E-state index is 12.3. The molecule has 0 atom stereocenters. The van der Waals surface area contributed by atoms with Crippen molar-refractivity contribution < 1.29 is 9.53 Å². The first-order valence-corrected chi connectivity index (χ1v) is 7.08. The van der Waals surface area contributed by atoms with Gasteiger partial charge in [-0.05, 0) is 25.5 Å². The van der Waals surface area contributed by atoms with Crippen LogP contribution in [-0.4, -0.2) is 28.3 Å². The lowest BCUT2D eigenvalue weighted by Crippen LogP contribution is -2.38. The summed E-state index contributed by atoms with van der Waals surface area (Å²) in [4.78, 5) is 14.1. The molecule has 0 spiro atoms. The van der Waals surface area contributed by atoms with Crippen molar-refractivity contribution in [3.63, 3.8) is 0 Å². The third-order valence-electron chi connectivity index (χ3n) is 3.65. The van der Waals surface area contributed by atoms with Crippen molar-refractivity contribution in [1.82, 2.24) is 9.78 Å². The number of hydrogen-bond donors (Lipinski definition) is 0. The molecule has 0 saturated heterocycles. The third kappa shape index (κ3) is 2.56. The lowest BCUT2D eigenvalue weighted by Gasteiger charge is -2.26. The van der Waals surface area contributed by atoms with Crippen LogP contribution in [0.25, 0.3) is 11.1 Å². The summed E-state index contributed by atoms with van der Waals surface area (Å²) in [5.41, 5.74) is 4.08. The molecule has 0 radical (unpaired) electrons. The highest BCUT2D eigenvalue weighted by atomic mass is 16.5. The molecule has 0 saturated carbocycles. The normalized spacial score (nSPS) is 15.2. The Kier molecular flexibility index (Phi) is 3.51. The molecular formula is C16H19N3O2. The number of ether oxygens (including phenoxy) is 1. The summed E-state index contributed by atoms with van der Waals surface area (Å²) < 4.78 is 7.23. The number of hydrogen-bond acceptors (Lipinski definition) is 3. The van der Waals surface area contributed by atoms with Crippen molar-refractivity contribution in [2.24, 2.45) is 7.05 Å². The molecule has 0 fully saturated rings. The second kappa shape index (κ2) is 5.33. The number of carbonyl (C=O) groups excluding carboxylic acids is 1. The topological polar surface area (TPSA) is 47.4 Å². The summed E-state index contributed by atoms with van der Waals surface area (Å²) in [6, 6.07) is 6.24. The fraction of sp³-hybridized carbons (Fsp3) is 0.375. The van der Waals surface area contributed by atoms with Crippen LogP contribution in [0.2, 0.25) is 0 Å². The van der Waals surface area contributed by atoms with Crippen molar-refractivity contribution in [1.29, 1.82) is 0 Å². The molecule has 0 bridgehead atoms. The quantitative estimate of drug-likeness (QED) is 0.851. The van der Waals surface area contributed by atoms with Gasteiger partial charge in [-0.25, -0.2) is 0 Å². The van der Waals surface area contributed by atoms with E-state index in [4.69, 9.17) is 4.74 Å². The molecule has 5 nitrogen and oxygen atoms in total. The predicted octanol–water partition coefficient (Wildman–Crippen LogP) is 2.36. The van der Waals surface area contributed by atoms with Crippen LogP contribution in [0, 0.1) is 0 Å². The van der Waals surface area contributed by atoms with Gasteiger partial charge in [0, 0.05) is 30.4 Å². The average molecular weight is 285 g/mol.